The van der Waals surface area contributed by atoms with E-state index in [1.54, 1.807) is 26.1 Å². The highest BCUT2D eigenvalue weighted by Gasteiger charge is 2.32. The lowest BCUT2D eigenvalue weighted by Gasteiger charge is -2.14. The van der Waals surface area contributed by atoms with Gasteiger partial charge in [0.15, 0.2) is 0 Å². The van der Waals surface area contributed by atoms with E-state index in [-0.39, 0.29) is 55.3 Å². The van der Waals surface area contributed by atoms with Gasteiger partial charge in [-0.25, -0.2) is 17.9 Å². The average Bonchev–Trinajstić information content (AvgIpc) is 2.86. The van der Waals surface area contributed by atoms with Gasteiger partial charge in [0.25, 0.3) is 0 Å². The van der Waals surface area contributed by atoms with Gasteiger partial charge in [-0.3, -0.25) is 14.5 Å². The Kier molecular flexibility index (Phi) is 7.14. The maximum Gasteiger partial charge on any atom is 0.326 e. The molecular formula is C18H26N4O5S. The van der Waals surface area contributed by atoms with E-state index in [0.717, 1.165) is 10.5 Å². The highest BCUT2D eigenvalue weighted by Crippen LogP contribution is 2.16. The van der Waals surface area contributed by atoms with Crippen LogP contribution in [0.15, 0.2) is 23.1 Å². The normalized spacial score (nSPS) is 14.7. The van der Waals surface area contributed by atoms with E-state index in [0.29, 0.717) is 12.0 Å². The number of hydrogen-bond acceptors (Lipinski definition) is 5. The van der Waals surface area contributed by atoms with Crippen molar-refractivity contribution in [2.45, 2.75) is 31.6 Å². The van der Waals surface area contributed by atoms with Gasteiger partial charge in [0.05, 0.1) is 4.90 Å². The van der Waals surface area contributed by atoms with E-state index in [1.165, 1.54) is 4.90 Å². The molecule has 1 aliphatic heterocycles. The van der Waals surface area contributed by atoms with Crippen LogP contribution in [0.25, 0.3) is 0 Å². The Balaban J connectivity index is 1.70. The number of hydrogen-bond donors (Lipinski definition) is 2. The van der Waals surface area contributed by atoms with Crippen LogP contribution in [0.1, 0.15) is 24.0 Å². The quantitative estimate of drug-likeness (QED) is 0.451. The van der Waals surface area contributed by atoms with Crippen molar-refractivity contribution in [2.24, 2.45) is 0 Å². The summed E-state index contributed by atoms with van der Waals surface area (Å²) in [4.78, 5) is 37.9. The molecule has 0 aromatic heterocycles. The lowest BCUT2D eigenvalue weighted by molar-refractivity contribution is -0.126. The molecule has 0 spiro atoms. The van der Waals surface area contributed by atoms with Crippen molar-refractivity contribution in [3.05, 3.63) is 29.3 Å². The van der Waals surface area contributed by atoms with Crippen LogP contribution >= 0.6 is 0 Å². The number of benzene rings is 1. The van der Waals surface area contributed by atoms with Gasteiger partial charge in [-0.1, -0.05) is 12.1 Å². The van der Waals surface area contributed by atoms with Crippen LogP contribution in [-0.4, -0.2) is 69.3 Å². The van der Waals surface area contributed by atoms with Gasteiger partial charge in [0, 0.05) is 33.1 Å². The van der Waals surface area contributed by atoms with Gasteiger partial charge in [0.2, 0.25) is 21.8 Å². The third-order valence-electron chi connectivity index (χ3n) is 4.39. The number of sulfonamides is 1. The van der Waals surface area contributed by atoms with Gasteiger partial charge < -0.3 is 10.2 Å². The third kappa shape index (κ3) is 5.52. The fraction of sp³-hybridized carbons (Fsp3) is 0.500. The van der Waals surface area contributed by atoms with Crippen molar-refractivity contribution in [1.82, 2.24) is 19.8 Å². The van der Waals surface area contributed by atoms with Crippen molar-refractivity contribution in [3.8, 4) is 0 Å². The number of aryl methyl sites for hydroxylation is 2. The predicted molar refractivity (Wildman–Crippen MR) is 103 cm³/mol. The maximum atomic E-state index is 12.4. The molecule has 1 aliphatic rings. The van der Waals surface area contributed by atoms with Crippen molar-refractivity contribution < 1.29 is 22.8 Å². The van der Waals surface area contributed by atoms with Gasteiger partial charge in [-0.15, -0.1) is 0 Å². The Morgan fingerprint density at radius 1 is 1.18 bits per heavy atom. The SMILES string of the molecule is Cc1ccc(C)c(S(=O)(=O)NCCNC(=O)CCCN2C(=O)CN(C)C2=O)c1. The molecule has 0 radical (unpaired) electrons. The molecule has 2 rings (SSSR count). The molecule has 0 aliphatic carbocycles. The zero-order valence-electron chi connectivity index (χ0n) is 16.3. The third-order valence-corrected chi connectivity index (χ3v) is 5.99. The van der Waals surface area contributed by atoms with E-state index >= 15 is 0 Å². The molecule has 154 valence electrons. The number of rotatable bonds is 9. The molecule has 2 N–H and O–H groups in total. The van der Waals surface area contributed by atoms with Gasteiger partial charge >= 0.3 is 6.03 Å². The fourth-order valence-electron chi connectivity index (χ4n) is 2.84. The molecular weight excluding hydrogens is 384 g/mol. The molecule has 9 nitrogen and oxygen atoms in total. The van der Waals surface area contributed by atoms with E-state index in [2.05, 4.69) is 10.0 Å². The van der Waals surface area contributed by atoms with Crippen molar-refractivity contribution in [2.75, 3.05) is 33.2 Å². The average molecular weight is 410 g/mol. The van der Waals surface area contributed by atoms with Crippen LogP contribution in [0, 0.1) is 13.8 Å². The second kappa shape index (κ2) is 9.16. The minimum atomic E-state index is -3.64. The number of likely N-dealkylation sites (N-methyl/N-ethyl adjacent to an activating group) is 1. The first kappa shape index (κ1) is 21.8. The first-order valence-corrected chi connectivity index (χ1v) is 10.5. The summed E-state index contributed by atoms with van der Waals surface area (Å²) >= 11 is 0. The minimum Gasteiger partial charge on any atom is -0.355 e. The summed E-state index contributed by atoms with van der Waals surface area (Å²) in [6.45, 7) is 4.01. The zero-order chi connectivity index (χ0) is 20.9. The second-order valence-corrected chi connectivity index (χ2v) is 8.54. The summed E-state index contributed by atoms with van der Waals surface area (Å²) in [5, 5.41) is 2.62. The number of carbonyl (C=O) groups excluding carboxylic acids is 3. The first-order chi connectivity index (χ1) is 13.1. The van der Waals surface area contributed by atoms with E-state index < -0.39 is 10.0 Å². The molecule has 0 atom stereocenters. The summed E-state index contributed by atoms with van der Waals surface area (Å²) < 4.78 is 27.2. The molecule has 28 heavy (non-hydrogen) atoms. The lowest BCUT2D eigenvalue weighted by Crippen LogP contribution is -2.36. The molecule has 1 saturated heterocycles. The van der Waals surface area contributed by atoms with E-state index in [1.807, 2.05) is 13.0 Å². The molecule has 1 fully saturated rings. The summed E-state index contributed by atoms with van der Waals surface area (Å²) in [5.41, 5.74) is 1.50. The van der Waals surface area contributed by atoms with E-state index in [4.69, 9.17) is 0 Å². The summed E-state index contributed by atoms with van der Waals surface area (Å²) in [6, 6.07) is 4.84. The molecule has 1 aromatic rings. The molecule has 0 saturated carbocycles. The van der Waals surface area contributed by atoms with Crippen LogP contribution < -0.4 is 10.0 Å². The Hall–Kier alpha value is -2.46. The van der Waals surface area contributed by atoms with Crippen LogP contribution in [0.2, 0.25) is 0 Å². The topological polar surface area (TPSA) is 116 Å². The smallest absolute Gasteiger partial charge is 0.326 e. The molecule has 10 heteroatoms. The molecule has 1 aromatic carbocycles. The van der Waals surface area contributed by atoms with Gasteiger partial charge in [-0.2, -0.15) is 0 Å². The Bertz CT molecular complexity index is 869. The predicted octanol–water partition coefficient (Wildman–Crippen LogP) is 0.372. The maximum absolute atomic E-state index is 12.4. The standard InChI is InChI=1S/C18H26N4O5S/c1-13-6-7-14(2)15(11-13)28(26,27)20-9-8-19-16(23)5-4-10-22-17(24)12-21(3)18(22)25/h6-7,11,20H,4-5,8-10,12H2,1-3H3,(H,19,23). The van der Waals surface area contributed by atoms with Crippen LogP contribution in [-0.2, 0) is 19.6 Å². The Morgan fingerprint density at radius 3 is 2.54 bits per heavy atom. The molecule has 1 heterocycles. The summed E-state index contributed by atoms with van der Waals surface area (Å²) in [6.07, 6.45) is 0.496. The minimum absolute atomic E-state index is 0.0611. The Morgan fingerprint density at radius 2 is 1.89 bits per heavy atom. The highest BCUT2D eigenvalue weighted by atomic mass is 32.2. The molecule has 0 bridgehead atoms. The van der Waals surface area contributed by atoms with Crippen molar-refractivity contribution in [3.63, 3.8) is 0 Å². The van der Waals surface area contributed by atoms with Crippen LogP contribution in [0.5, 0.6) is 0 Å². The number of nitrogens with zero attached hydrogens (tertiary/aromatic N) is 2. The largest absolute Gasteiger partial charge is 0.355 e. The summed E-state index contributed by atoms with van der Waals surface area (Å²) in [7, 11) is -2.10. The summed E-state index contributed by atoms with van der Waals surface area (Å²) in [5.74, 6) is -0.535. The van der Waals surface area contributed by atoms with Crippen LogP contribution in [0.4, 0.5) is 4.79 Å². The van der Waals surface area contributed by atoms with Crippen LogP contribution in [0.3, 0.4) is 0 Å². The van der Waals surface area contributed by atoms with Crippen molar-refractivity contribution in [1.29, 1.82) is 0 Å². The molecule has 0 unspecified atom stereocenters. The van der Waals surface area contributed by atoms with E-state index in [9.17, 15) is 22.8 Å². The van der Waals surface area contributed by atoms with Gasteiger partial charge in [0.1, 0.15) is 6.54 Å². The van der Waals surface area contributed by atoms with Gasteiger partial charge in [-0.05, 0) is 37.5 Å². The number of nitrogens with one attached hydrogen (secondary N) is 2. The zero-order valence-corrected chi connectivity index (χ0v) is 17.1. The van der Waals surface area contributed by atoms with Crippen molar-refractivity contribution >= 4 is 27.9 Å². The number of carbonyl (C=O) groups is 3. The fourth-order valence-corrected chi connectivity index (χ4v) is 4.20. The second-order valence-electron chi connectivity index (χ2n) is 6.80. The number of urea groups is 1. The monoisotopic (exact) mass is 410 g/mol. The Labute approximate surface area is 165 Å². The lowest BCUT2D eigenvalue weighted by atomic mass is 10.2. The highest BCUT2D eigenvalue weighted by molar-refractivity contribution is 7.89. The molecule has 4 amide bonds. The number of amides is 4. The number of imide groups is 1. The first-order valence-electron chi connectivity index (χ1n) is 9.01.